The Morgan fingerprint density at radius 3 is 2.71 bits per heavy atom. The molecular formula is C13H16FNO2. The maximum atomic E-state index is 13.6. The fourth-order valence-corrected chi connectivity index (χ4v) is 2.01. The van der Waals surface area contributed by atoms with Gasteiger partial charge in [-0.2, -0.15) is 0 Å². The second-order valence-corrected chi connectivity index (χ2v) is 4.08. The first-order valence-corrected chi connectivity index (χ1v) is 5.94. The van der Waals surface area contributed by atoms with Crippen LogP contribution in [0.25, 0.3) is 0 Å². The number of hydrogen-bond donors (Lipinski definition) is 0. The zero-order valence-electron chi connectivity index (χ0n) is 9.91. The fourth-order valence-electron chi connectivity index (χ4n) is 2.01. The molecule has 0 bridgehead atoms. The summed E-state index contributed by atoms with van der Waals surface area (Å²) in [5.74, 6) is -0.369. The van der Waals surface area contributed by atoms with Gasteiger partial charge < -0.3 is 9.64 Å². The summed E-state index contributed by atoms with van der Waals surface area (Å²) in [6.07, 6.45) is 2.07. The second-order valence-electron chi connectivity index (χ2n) is 4.08. The first-order chi connectivity index (χ1) is 8.22. The van der Waals surface area contributed by atoms with Crippen LogP contribution in [0.4, 0.5) is 4.39 Å². The Kier molecular flexibility index (Phi) is 3.61. The van der Waals surface area contributed by atoms with Gasteiger partial charge in [0.25, 0.3) is 5.91 Å². The van der Waals surface area contributed by atoms with Crippen LogP contribution in [-0.2, 0) is 0 Å². The third kappa shape index (κ3) is 2.57. The van der Waals surface area contributed by atoms with E-state index in [9.17, 15) is 9.18 Å². The summed E-state index contributed by atoms with van der Waals surface area (Å²) in [5.41, 5.74) is 0.396. The standard InChI is InChI=1S/C13H16FNO2/c1-2-17-12-6-5-10(9-11(12)14)13(16)15-7-3-4-8-15/h5-6,9H,2-4,7-8H2,1H3. The molecule has 2 rings (SSSR count). The number of carbonyl (C=O) groups excluding carboxylic acids is 1. The van der Waals surface area contributed by atoms with E-state index < -0.39 is 5.82 Å². The number of nitrogens with zero attached hydrogens (tertiary/aromatic N) is 1. The zero-order chi connectivity index (χ0) is 12.3. The largest absolute Gasteiger partial charge is 0.491 e. The molecule has 0 aliphatic carbocycles. The molecule has 0 aromatic heterocycles. The molecule has 1 saturated heterocycles. The van der Waals surface area contributed by atoms with E-state index in [-0.39, 0.29) is 11.7 Å². The van der Waals surface area contributed by atoms with Crippen LogP contribution >= 0.6 is 0 Å². The predicted octanol–water partition coefficient (Wildman–Crippen LogP) is 2.46. The van der Waals surface area contributed by atoms with Gasteiger partial charge in [-0.3, -0.25) is 4.79 Å². The van der Waals surface area contributed by atoms with Gasteiger partial charge in [0.05, 0.1) is 6.61 Å². The molecular weight excluding hydrogens is 221 g/mol. The minimum Gasteiger partial charge on any atom is -0.491 e. The molecule has 1 heterocycles. The number of likely N-dealkylation sites (tertiary alicyclic amines) is 1. The highest BCUT2D eigenvalue weighted by Gasteiger charge is 2.20. The molecule has 0 unspecified atom stereocenters. The average molecular weight is 237 g/mol. The number of halogens is 1. The molecule has 1 aromatic carbocycles. The Balaban J connectivity index is 2.16. The van der Waals surface area contributed by atoms with Crippen molar-refractivity contribution in [3.63, 3.8) is 0 Å². The van der Waals surface area contributed by atoms with E-state index >= 15 is 0 Å². The van der Waals surface area contributed by atoms with E-state index in [0.717, 1.165) is 25.9 Å². The molecule has 0 radical (unpaired) electrons. The minimum atomic E-state index is -0.475. The number of benzene rings is 1. The van der Waals surface area contributed by atoms with Crippen molar-refractivity contribution >= 4 is 5.91 Å². The van der Waals surface area contributed by atoms with Crippen molar-refractivity contribution in [1.82, 2.24) is 4.90 Å². The smallest absolute Gasteiger partial charge is 0.253 e. The third-order valence-electron chi connectivity index (χ3n) is 2.87. The lowest BCUT2D eigenvalue weighted by Crippen LogP contribution is -2.27. The summed E-state index contributed by atoms with van der Waals surface area (Å²) in [7, 11) is 0. The Bertz CT molecular complexity index is 414. The first kappa shape index (κ1) is 11.9. The highest BCUT2D eigenvalue weighted by molar-refractivity contribution is 5.94. The van der Waals surface area contributed by atoms with Crippen molar-refractivity contribution in [1.29, 1.82) is 0 Å². The minimum absolute atomic E-state index is 0.0931. The predicted molar refractivity (Wildman–Crippen MR) is 62.7 cm³/mol. The number of carbonyl (C=O) groups is 1. The molecule has 3 nitrogen and oxygen atoms in total. The van der Waals surface area contributed by atoms with Crippen molar-refractivity contribution in [2.45, 2.75) is 19.8 Å². The Morgan fingerprint density at radius 2 is 2.12 bits per heavy atom. The van der Waals surface area contributed by atoms with Crippen molar-refractivity contribution in [2.75, 3.05) is 19.7 Å². The summed E-state index contributed by atoms with van der Waals surface area (Å²) in [6, 6.07) is 4.39. The maximum Gasteiger partial charge on any atom is 0.253 e. The van der Waals surface area contributed by atoms with Gasteiger partial charge in [-0.25, -0.2) is 4.39 Å². The molecule has 0 saturated carbocycles. The monoisotopic (exact) mass is 237 g/mol. The van der Waals surface area contributed by atoms with Crippen molar-refractivity contribution in [3.05, 3.63) is 29.6 Å². The summed E-state index contributed by atoms with van der Waals surface area (Å²) < 4.78 is 18.7. The molecule has 0 spiro atoms. The van der Waals surface area contributed by atoms with Gasteiger partial charge in [0.2, 0.25) is 0 Å². The molecule has 1 amide bonds. The average Bonchev–Trinajstić information content (AvgIpc) is 2.84. The summed E-state index contributed by atoms with van der Waals surface area (Å²) in [5, 5.41) is 0. The molecule has 1 fully saturated rings. The highest BCUT2D eigenvalue weighted by atomic mass is 19.1. The topological polar surface area (TPSA) is 29.5 Å². The van der Waals surface area contributed by atoms with Gasteiger partial charge in [-0.05, 0) is 38.0 Å². The quantitative estimate of drug-likeness (QED) is 0.808. The summed E-state index contributed by atoms with van der Waals surface area (Å²) in [6.45, 7) is 3.75. The Labute approximate surface area is 100 Å². The maximum absolute atomic E-state index is 13.6. The zero-order valence-corrected chi connectivity index (χ0v) is 9.91. The lowest BCUT2D eigenvalue weighted by molar-refractivity contribution is 0.0792. The van der Waals surface area contributed by atoms with Crippen LogP contribution in [0.15, 0.2) is 18.2 Å². The molecule has 0 N–H and O–H groups in total. The van der Waals surface area contributed by atoms with Crippen LogP contribution in [0.3, 0.4) is 0 Å². The highest BCUT2D eigenvalue weighted by Crippen LogP contribution is 2.20. The number of ether oxygens (including phenoxy) is 1. The Hall–Kier alpha value is -1.58. The van der Waals surface area contributed by atoms with Crippen molar-refractivity contribution in [3.8, 4) is 5.75 Å². The lowest BCUT2D eigenvalue weighted by Gasteiger charge is -2.15. The third-order valence-corrected chi connectivity index (χ3v) is 2.87. The number of amides is 1. The van der Waals surface area contributed by atoms with Gasteiger partial charge in [-0.1, -0.05) is 0 Å². The molecule has 1 aromatic rings. The summed E-state index contributed by atoms with van der Waals surface area (Å²) in [4.78, 5) is 13.7. The fraction of sp³-hybridized carbons (Fsp3) is 0.462. The van der Waals surface area contributed by atoms with Crippen LogP contribution < -0.4 is 4.74 Å². The van der Waals surface area contributed by atoms with Crippen molar-refractivity contribution in [2.24, 2.45) is 0 Å². The summed E-state index contributed by atoms with van der Waals surface area (Å²) >= 11 is 0. The van der Waals surface area contributed by atoms with Crippen LogP contribution in [0.2, 0.25) is 0 Å². The van der Waals surface area contributed by atoms with Crippen LogP contribution in [0.1, 0.15) is 30.1 Å². The number of hydrogen-bond acceptors (Lipinski definition) is 2. The first-order valence-electron chi connectivity index (χ1n) is 5.94. The van der Waals surface area contributed by atoms with Gasteiger partial charge in [0.1, 0.15) is 0 Å². The van der Waals surface area contributed by atoms with Crippen LogP contribution in [0.5, 0.6) is 5.75 Å². The molecule has 1 aliphatic heterocycles. The van der Waals surface area contributed by atoms with E-state index in [1.807, 2.05) is 0 Å². The molecule has 0 atom stereocenters. The van der Waals surface area contributed by atoms with E-state index in [1.165, 1.54) is 12.1 Å². The molecule has 92 valence electrons. The SMILES string of the molecule is CCOc1ccc(C(=O)N2CCCC2)cc1F. The molecule has 1 aliphatic rings. The normalized spacial score (nSPS) is 15.1. The lowest BCUT2D eigenvalue weighted by atomic mass is 10.2. The van der Waals surface area contributed by atoms with E-state index in [2.05, 4.69) is 0 Å². The number of rotatable bonds is 3. The van der Waals surface area contributed by atoms with Gasteiger partial charge in [0, 0.05) is 18.7 Å². The van der Waals surface area contributed by atoms with E-state index in [0.29, 0.717) is 12.2 Å². The molecule has 17 heavy (non-hydrogen) atoms. The van der Waals surface area contributed by atoms with Gasteiger partial charge in [0.15, 0.2) is 11.6 Å². The molecule has 4 heteroatoms. The van der Waals surface area contributed by atoms with Gasteiger partial charge in [-0.15, -0.1) is 0 Å². The van der Waals surface area contributed by atoms with Gasteiger partial charge >= 0.3 is 0 Å². The van der Waals surface area contributed by atoms with E-state index in [1.54, 1.807) is 17.9 Å². The van der Waals surface area contributed by atoms with Crippen LogP contribution in [0, 0.1) is 5.82 Å². The Morgan fingerprint density at radius 1 is 1.41 bits per heavy atom. The van der Waals surface area contributed by atoms with Crippen molar-refractivity contribution < 1.29 is 13.9 Å². The van der Waals surface area contributed by atoms with E-state index in [4.69, 9.17) is 4.74 Å². The second kappa shape index (κ2) is 5.17. The van der Waals surface area contributed by atoms with Crippen LogP contribution in [-0.4, -0.2) is 30.5 Å².